The van der Waals surface area contributed by atoms with Gasteiger partial charge >= 0.3 is 17.9 Å². The maximum absolute atomic E-state index is 12.9. The molecule has 434 valence electrons. The molecule has 0 spiro atoms. The number of hydrogen-bond acceptors (Lipinski definition) is 6. The van der Waals surface area contributed by atoms with Gasteiger partial charge in [0, 0.05) is 19.3 Å². The van der Waals surface area contributed by atoms with E-state index in [1.54, 1.807) is 0 Å². The molecule has 0 N–H and O–H groups in total. The largest absolute Gasteiger partial charge is 0.462 e. The summed E-state index contributed by atoms with van der Waals surface area (Å²) in [7, 11) is 0. The van der Waals surface area contributed by atoms with Gasteiger partial charge in [-0.05, 0) is 83.5 Å². The molecule has 0 bridgehead atoms. The Morgan fingerprint density at radius 1 is 0.280 bits per heavy atom. The molecule has 0 fully saturated rings. The van der Waals surface area contributed by atoms with Gasteiger partial charge < -0.3 is 14.2 Å². The van der Waals surface area contributed by atoms with Crippen molar-refractivity contribution < 1.29 is 28.6 Å². The molecule has 0 saturated carbocycles. The topological polar surface area (TPSA) is 78.9 Å². The highest BCUT2D eigenvalue weighted by Gasteiger charge is 2.19. The summed E-state index contributed by atoms with van der Waals surface area (Å²) in [6.45, 7) is 6.52. The van der Waals surface area contributed by atoms with Crippen LogP contribution in [0.3, 0.4) is 0 Å². The van der Waals surface area contributed by atoms with Crippen LogP contribution in [-0.2, 0) is 28.6 Å². The average molecular weight is 1050 g/mol. The normalized spacial score (nSPS) is 12.5. The smallest absolute Gasteiger partial charge is 0.306 e. The average Bonchev–Trinajstić information content (AvgIpc) is 3.41. The van der Waals surface area contributed by atoms with Crippen molar-refractivity contribution in [3.8, 4) is 0 Å². The van der Waals surface area contributed by atoms with Gasteiger partial charge in [-0.15, -0.1) is 0 Å². The molecular weight excluding hydrogens is 925 g/mol. The summed E-state index contributed by atoms with van der Waals surface area (Å²) in [6.07, 6.45) is 82.0. The Morgan fingerprint density at radius 3 is 0.880 bits per heavy atom. The minimum absolute atomic E-state index is 0.0899. The first-order chi connectivity index (χ1) is 37.0. The van der Waals surface area contributed by atoms with Gasteiger partial charge in [0.05, 0.1) is 0 Å². The predicted octanol–water partition coefficient (Wildman–Crippen LogP) is 22.1. The van der Waals surface area contributed by atoms with Crippen molar-refractivity contribution in [1.29, 1.82) is 0 Å². The molecule has 0 heterocycles. The lowest BCUT2D eigenvalue weighted by Gasteiger charge is -2.18. The first-order valence-corrected chi connectivity index (χ1v) is 32.4. The second-order valence-corrected chi connectivity index (χ2v) is 21.6. The molecular formula is C69H122O6. The quantitative estimate of drug-likeness (QED) is 0.0261. The van der Waals surface area contributed by atoms with E-state index in [0.717, 1.165) is 77.0 Å². The summed E-state index contributed by atoms with van der Waals surface area (Å²) in [4.78, 5) is 38.3. The van der Waals surface area contributed by atoms with Crippen molar-refractivity contribution in [1.82, 2.24) is 0 Å². The molecule has 0 aliphatic rings. The van der Waals surface area contributed by atoms with Crippen LogP contribution in [0.25, 0.3) is 0 Å². The molecule has 0 radical (unpaired) electrons. The zero-order valence-corrected chi connectivity index (χ0v) is 49.8. The highest BCUT2D eigenvalue weighted by atomic mass is 16.6. The van der Waals surface area contributed by atoms with Crippen molar-refractivity contribution in [2.45, 2.75) is 335 Å². The van der Waals surface area contributed by atoms with Crippen molar-refractivity contribution >= 4 is 17.9 Å². The summed E-state index contributed by atoms with van der Waals surface area (Å²) in [5, 5.41) is 0. The van der Waals surface area contributed by atoms with E-state index in [0.29, 0.717) is 19.3 Å². The first kappa shape index (κ1) is 71.8. The lowest BCUT2D eigenvalue weighted by molar-refractivity contribution is -0.167. The van der Waals surface area contributed by atoms with Crippen molar-refractivity contribution in [3.63, 3.8) is 0 Å². The highest BCUT2D eigenvalue weighted by Crippen LogP contribution is 2.17. The van der Waals surface area contributed by atoms with E-state index in [2.05, 4.69) is 93.7 Å². The lowest BCUT2D eigenvalue weighted by atomic mass is 10.0. The second kappa shape index (κ2) is 63.4. The van der Waals surface area contributed by atoms with Gasteiger partial charge in [0.2, 0.25) is 0 Å². The van der Waals surface area contributed by atoms with Crippen LogP contribution in [0.4, 0.5) is 0 Å². The van der Waals surface area contributed by atoms with E-state index >= 15 is 0 Å². The molecule has 1 atom stereocenters. The van der Waals surface area contributed by atoms with E-state index in [1.807, 2.05) is 0 Å². The monoisotopic (exact) mass is 1050 g/mol. The molecule has 0 aromatic rings. The molecule has 0 saturated heterocycles. The molecule has 0 aromatic heterocycles. The SMILES string of the molecule is CC/C=C\C/C=C\C/C=C\C/C=C\C/C=C\CCCC(=O)OC[C@H](COC(=O)CCCCCCCCCCCCCCCCCCCCC)OC(=O)CCCCCCCCCCCCC/C=C\CCCCCCCC. The molecule has 6 heteroatoms. The molecule has 0 rings (SSSR count). The Kier molecular flexibility index (Phi) is 60.7. The molecule has 0 amide bonds. The third-order valence-electron chi connectivity index (χ3n) is 14.2. The van der Waals surface area contributed by atoms with Gasteiger partial charge in [-0.3, -0.25) is 14.4 Å². The fourth-order valence-electron chi connectivity index (χ4n) is 9.36. The predicted molar refractivity (Wildman–Crippen MR) is 325 cm³/mol. The Bertz CT molecular complexity index is 1390. The first-order valence-electron chi connectivity index (χ1n) is 32.4. The van der Waals surface area contributed by atoms with Gasteiger partial charge in [-0.1, -0.05) is 299 Å². The van der Waals surface area contributed by atoms with Crippen LogP contribution < -0.4 is 0 Å². The van der Waals surface area contributed by atoms with Gasteiger partial charge in [-0.2, -0.15) is 0 Å². The van der Waals surface area contributed by atoms with Crippen LogP contribution in [0.2, 0.25) is 0 Å². The van der Waals surface area contributed by atoms with Crippen LogP contribution >= 0.6 is 0 Å². The zero-order chi connectivity index (χ0) is 54.3. The molecule has 75 heavy (non-hydrogen) atoms. The van der Waals surface area contributed by atoms with Gasteiger partial charge in [0.15, 0.2) is 6.10 Å². The Morgan fingerprint density at radius 2 is 0.533 bits per heavy atom. The van der Waals surface area contributed by atoms with Crippen LogP contribution in [0.1, 0.15) is 329 Å². The van der Waals surface area contributed by atoms with Crippen molar-refractivity contribution in [2.75, 3.05) is 13.2 Å². The summed E-state index contributed by atoms with van der Waals surface area (Å²) in [6, 6.07) is 0. The minimum atomic E-state index is -0.798. The third kappa shape index (κ3) is 61.6. The van der Waals surface area contributed by atoms with E-state index < -0.39 is 6.10 Å². The van der Waals surface area contributed by atoms with Crippen LogP contribution in [0, 0.1) is 0 Å². The molecule has 0 aromatic carbocycles. The zero-order valence-electron chi connectivity index (χ0n) is 49.8. The maximum atomic E-state index is 12.9. The summed E-state index contributed by atoms with van der Waals surface area (Å²) in [5.74, 6) is -0.934. The lowest BCUT2D eigenvalue weighted by Crippen LogP contribution is -2.30. The fourth-order valence-corrected chi connectivity index (χ4v) is 9.36. The van der Waals surface area contributed by atoms with E-state index in [-0.39, 0.29) is 37.5 Å². The second-order valence-electron chi connectivity index (χ2n) is 21.6. The molecule has 0 aliphatic heterocycles. The number of rotatable bonds is 59. The number of unbranched alkanes of at least 4 members (excludes halogenated alkanes) is 36. The third-order valence-corrected chi connectivity index (χ3v) is 14.2. The van der Waals surface area contributed by atoms with Crippen LogP contribution in [0.15, 0.2) is 72.9 Å². The van der Waals surface area contributed by atoms with Crippen molar-refractivity contribution in [3.05, 3.63) is 72.9 Å². The Balaban J connectivity index is 4.40. The Hall–Kier alpha value is -3.15. The number of carbonyl (C=O) groups excluding carboxylic acids is 3. The number of hydrogen-bond donors (Lipinski definition) is 0. The van der Waals surface area contributed by atoms with Gasteiger partial charge in [0.25, 0.3) is 0 Å². The fraction of sp³-hybridized carbons (Fsp3) is 0.783. The number of ether oxygens (including phenoxy) is 3. The van der Waals surface area contributed by atoms with Crippen LogP contribution in [0.5, 0.6) is 0 Å². The highest BCUT2D eigenvalue weighted by molar-refractivity contribution is 5.71. The van der Waals surface area contributed by atoms with Gasteiger partial charge in [0.1, 0.15) is 13.2 Å². The summed E-state index contributed by atoms with van der Waals surface area (Å²) >= 11 is 0. The molecule has 0 unspecified atom stereocenters. The summed E-state index contributed by atoms with van der Waals surface area (Å²) < 4.78 is 16.9. The number of allylic oxidation sites excluding steroid dienone is 12. The van der Waals surface area contributed by atoms with Crippen molar-refractivity contribution in [2.24, 2.45) is 0 Å². The Labute approximate surface area is 465 Å². The van der Waals surface area contributed by atoms with E-state index in [9.17, 15) is 14.4 Å². The van der Waals surface area contributed by atoms with E-state index in [4.69, 9.17) is 14.2 Å². The molecule has 6 nitrogen and oxygen atoms in total. The number of carbonyl (C=O) groups is 3. The number of esters is 3. The van der Waals surface area contributed by atoms with Gasteiger partial charge in [-0.25, -0.2) is 0 Å². The minimum Gasteiger partial charge on any atom is -0.462 e. The van der Waals surface area contributed by atoms with E-state index in [1.165, 1.54) is 205 Å². The van der Waals surface area contributed by atoms with Crippen LogP contribution in [-0.4, -0.2) is 37.2 Å². The molecule has 0 aliphatic carbocycles. The standard InChI is InChI=1S/C69H122O6/c1-4-7-10-13-16-19-22-25-28-31-33-34-36-39-42-45-48-51-54-57-60-63-69(72)75-66(64-73-67(70)61-58-55-52-49-46-43-40-37-30-27-24-21-18-15-12-9-6-3)65-74-68(71)62-59-56-53-50-47-44-41-38-35-32-29-26-23-20-17-14-11-8-5-2/h9,12,18,21,25,27-28,30,40,43,49,52,66H,4-8,10-11,13-17,19-20,22-24,26,29,31-39,41-42,44-48,50-51,53-65H2,1-3H3/b12-9-,21-18-,28-25-,30-27-,43-40-,52-49-/t66-/m1/s1. The maximum Gasteiger partial charge on any atom is 0.306 e. The summed E-state index contributed by atoms with van der Waals surface area (Å²) in [5.41, 5.74) is 0.